The summed E-state index contributed by atoms with van der Waals surface area (Å²) in [5, 5.41) is 18.2. The maximum Gasteiger partial charge on any atom is 0.187 e. The minimum atomic E-state index is -0.203. The van der Waals surface area contributed by atoms with E-state index in [1.54, 1.807) is 36.4 Å². The molecule has 0 saturated carbocycles. The largest absolute Gasteiger partial charge is 0.508 e. The van der Waals surface area contributed by atoms with Crippen molar-refractivity contribution < 1.29 is 19.7 Å². The van der Waals surface area contributed by atoms with E-state index in [1.807, 2.05) is 42.6 Å². The van der Waals surface area contributed by atoms with Crippen LogP contribution in [0.4, 0.5) is 0 Å². The minimum absolute atomic E-state index is 0.203. The highest BCUT2D eigenvalue weighted by atomic mass is 16.5. The third-order valence-corrected chi connectivity index (χ3v) is 5.60. The van der Waals surface area contributed by atoms with Crippen LogP contribution in [0.3, 0.4) is 0 Å². The van der Waals surface area contributed by atoms with Crippen LogP contribution in [0, 0.1) is 0 Å². The highest BCUT2D eigenvalue weighted by Gasteiger charge is 2.36. The first-order valence-corrected chi connectivity index (χ1v) is 10.9. The fourth-order valence-electron chi connectivity index (χ4n) is 3.93. The lowest BCUT2D eigenvalue weighted by Gasteiger charge is -2.35. The van der Waals surface area contributed by atoms with Crippen LogP contribution in [0.5, 0.6) is 11.5 Å². The number of hydrogen-bond donors (Lipinski definition) is 2. The Labute approximate surface area is 192 Å². The third kappa shape index (κ3) is 4.49. The fraction of sp³-hybridized carbons (Fsp3) is 0.192. The topological polar surface area (TPSA) is 77.8 Å². The molecule has 0 aromatic heterocycles. The Bertz CT molecular complexity index is 1140. The second kappa shape index (κ2) is 9.26. The van der Waals surface area contributed by atoms with Gasteiger partial charge in [-0.1, -0.05) is 36.4 Å². The van der Waals surface area contributed by atoms with Crippen LogP contribution in [0.1, 0.15) is 11.7 Å². The lowest BCUT2D eigenvalue weighted by atomic mass is 10.1. The van der Waals surface area contributed by atoms with Gasteiger partial charge in [0.1, 0.15) is 23.4 Å². The summed E-state index contributed by atoms with van der Waals surface area (Å²) >= 11 is 0. The number of phenols is 2. The fourth-order valence-corrected chi connectivity index (χ4v) is 3.93. The van der Waals surface area contributed by atoms with Crippen LogP contribution in [0.25, 0.3) is 0 Å². The number of allylic oxidation sites excluding steroid dienone is 2. The SMILES string of the molecule is Oc1ccc(C2C=C3C(=C(N4CCOCC4)N=C4C=CC=CN34)O2)cc1.Oc1ccccc1. The molecule has 4 aliphatic rings. The molecule has 33 heavy (non-hydrogen) atoms. The van der Waals surface area contributed by atoms with Gasteiger partial charge in [-0.25, -0.2) is 4.99 Å². The molecule has 0 bridgehead atoms. The number of amidine groups is 1. The highest BCUT2D eigenvalue weighted by molar-refractivity contribution is 5.98. The van der Waals surface area contributed by atoms with Gasteiger partial charge < -0.3 is 24.6 Å². The number of aromatic hydroxyl groups is 2. The number of nitrogens with zero attached hydrogens (tertiary/aromatic N) is 3. The Morgan fingerprint density at radius 1 is 0.879 bits per heavy atom. The van der Waals surface area contributed by atoms with Gasteiger partial charge in [0.15, 0.2) is 11.6 Å². The molecule has 6 rings (SSSR count). The molecule has 2 N–H and O–H groups in total. The summed E-state index contributed by atoms with van der Waals surface area (Å²) in [6.07, 6.45) is 9.90. The maximum atomic E-state index is 9.55. The zero-order valence-corrected chi connectivity index (χ0v) is 18.0. The number of fused-ring (bicyclic) bond motifs is 3. The monoisotopic (exact) mass is 443 g/mol. The minimum Gasteiger partial charge on any atom is -0.508 e. The Hall–Kier alpha value is -3.97. The number of para-hydroxylation sites is 1. The first kappa shape index (κ1) is 20.9. The van der Waals surface area contributed by atoms with Crippen LogP contribution in [-0.4, -0.2) is 52.2 Å². The summed E-state index contributed by atoms with van der Waals surface area (Å²) < 4.78 is 11.8. The third-order valence-electron chi connectivity index (χ3n) is 5.60. The number of phenolic OH excluding ortho intramolecular Hbond substituents is 2. The number of ether oxygens (including phenoxy) is 2. The van der Waals surface area contributed by atoms with E-state index in [-0.39, 0.29) is 11.9 Å². The summed E-state index contributed by atoms with van der Waals surface area (Å²) in [6, 6.07) is 15.8. The van der Waals surface area contributed by atoms with E-state index in [9.17, 15) is 5.11 Å². The summed E-state index contributed by atoms with van der Waals surface area (Å²) in [6.45, 7) is 2.99. The van der Waals surface area contributed by atoms with E-state index in [1.165, 1.54) is 0 Å². The summed E-state index contributed by atoms with van der Waals surface area (Å²) in [5.41, 5.74) is 2.01. The molecule has 1 unspecified atom stereocenters. The van der Waals surface area contributed by atoms with Crippen molar-refractivity contribution in [2.24, 2.45) is 4.99 Å². The van der Waals surface area contributed by atoms with E-state index < -0.39 is 0 Å². The molecule has 1 atom stereocenters. The second-order valence-electron chi connectivity index (χ2n) is 7.81. The first-order chi connectivity index (χ1) is 16.2. The van der Waals surface area contributed by atoms with Crippen molar-refractivity contribution in [3.05, 3.63) is 108 Å². The smallest absolute Gasteiger partial charge is 0.187 e. The predicted octanol–water partition coefficient (Wildman–Crippen LogP) is 4.04. The van der Waals surface area contributed by atoms with Crippen molar-refractivity contribution in [1.29, 1.82) is 0 Å². The second-order valence-corrected chi connectivity index (χ2v) is 7.81. The van der Waals surface area contributed by atoms with E-state index in [0.29, 0.717) is 19.0 Å². The van der Waals surface area contributed by atoms with E-state index in [0.717, 1.165) is 41.8 Å². The molecular formula is C26H25N3O4. The van der Waals surface area contributed by atoms with Gasteiger partial charge in [-0.3, -0.25) is 4.90 Å². The van der Waals surface area contributed by atoms with Crippen LogP contribution in [-0.2, 0) is 9.47 Å². The molecule has 4 heterocycles. The van der Waals surface area contributed by atoms with E-state index in [2.05, 4.69) is 15.9 Å². The molecule has 7 nitrogen and oxygen atoms in total. The van der Waals surface area contributed by atoms with Crippen molar-refractivity contribution in [1.82, 2.24) is 9.80 Å². The number of rotatable bonds is 2. The average molecular weight is 444 g/mol. The molecular weight excluding hydrogens is 418 g/mol. The quantitative estimate of drug-likeness (QED) is 0.730. The van der Waals surface area contributed by atoms with Gasteiger partial charge in [0, 0.05) is 19.3 Å². The summed E-state index contributed by atoms with van der Waals surface area (Å²) in [7, 11) is 0. The molecule has 7 heteroatoms. The van der Waals surface area contributed by atoms with Crippen LogP contribution < -0.4 is 0 Å². The van der Waals surface area contributed by atoms with Crippen LogP contribution in [0.2, 0.25) is 0 Å². The number of aliphatic imine (C=N–C) groups is 1. The first-order valence-electron chi connectivity index (χ1n) is 10.9. The number of benzene rings is 2. The van der Waals surface area contributed by atoms with Gasteiger partial charge in [0.25, 0.3) is 0 Å². The van der Waals surface area contributed by atoms with Gasteiger partial charge in [-0.2, -0.15) is 0 Å². The van der Waals surface area contributed by atoms with Crippen molar-refractivity contribution in [2.75, 3.05) is 26.3 Å². The van der Waals surface area contributed by atoms with E-state index in [4.69, 9.17) is 19.6 Å². The van der Waals surface area contributed by atoms with Crippen molar-refractivity contribution in [3.8, 4) is 11.5 Å². The van der Waals surface area contributed by atoms with Gasteiger partial charge in [-0.05, 0) is 48.1 Å². The number of hydrogen-bond acceptors (Lipinski definition) is 7. The molecule has 2 aromatic carbocycles. The van der Waals surface area contributed by atoms with Crippen molar-refractivity contribution in [2.45, 2.75) is 6.10 Å². The molecule has 0 amide bonds. The van der Waals surface area contributed by atoms with Gasteiger partial charge in [0.05, 0.1) is 18.9 Å². The Balaban J connectivity index is 0.000000281. The Morgan fingerprint density at radius 2 is 1.61 bits per heavy atom. The number of morpholine rings is 1. The Kier molecular flexibility index (Phi) is 5.87. The molecule has 0 radical (unpaired) electrons. The Morgan fingerprint density at radius 3 is 2.30 bits per heavy atom. The van der Waals surface area contributed by atoms with Crippen molar-refractivity contribution >= 4 is 5.84 Å². The molecule has 0 aliphatic carbocycles. The predicted molar refractivity (Wildman–Crippen MR) is 125 cm³/mol. The molecule has 1 saturated heterocycles. The van der Waals surface area contributed by atoms with Gasteiger partial charge in [0.2, 0.25) is 0 Å². The van der Waals surface area contributed by atoms with Gasteiger partial charge in [-0.15, -0.1) is 0 Å². The molecule has 0 spiro atoms. The van der Waals surface area contributed by atoms with Crippen molar-refractivity contribution in [3.63, 3.8) is 0 Å². The molecule has 4 aliphatic heterocycles. The summed E-state index contributed by atoms with van der Waals surface area (Å²) in [4.78, 5) is 9.14. The lowest BCUT2D eigenvalue weighted by molar-refractivity contribution is 0.0484. The normalized spacial score (nSPS) is 20.8. The zero-order valence-electron chi connectivity index (χ0n) is 18.0. The maximum absolute atomic E-state index is 9.55. The lowest BCUT2D eigenvalue weighted by Crippen LogP contribution is -2.39. The van der Waals surface area contributed by atoms with Gasteiger partial charge >= 0.3 is 0 Å². The molecule has 1 fully saturated rings. The highest BCUT2D eigenvalue weighted by Crippen LogP contribution is 2.41. The van der Waals surface area contributed by atoms with E-state index >= 15 is 0 Å². The average Bonchev–Trinajstić information content (AvgIpc) is 3.31. The van der Waals surface area contributed by atoms with Crippen LogP contribution >= 0.6 is 0 Å². The molecule has 2 aromatic rings. The standard InChI is InChI=1S/C20H19N3O3.C6H6O/c24-15-6-4-14(5-7-15)17-13-16-19(26-17)20(22-9-11-25-12-10-22)21-18-3-1-2-8-23(16)18;7-6-4-2-1-3-5-6/h1-8,13,17,24H,9-12H2;1-5,7H. The molecule has 168 valence electrons. The zero-order chi connectivity index (χ0) is 22.6. The van der Waals surface area contributed by atoms with Crippen LogP contribution in [0.15, 0.2) is 107 Å². The summed E-state index contributed by atoms with van der Waals surface area (Å²) in [5.74, 6) is 3.13.